The summed E-state index contributed by atoms with van der Waals surface area (Å²) in [4.78, 5) is 31.0. The van der Waals surface area contributed by atoms with E-state index in [1.54, 1.807) is 26.2 Å². The van der Waals surface area contributed by atoms with Crippen molar-refractivity contribution in [2.24, 2.45) is 0 Å². The zero-order chi connectivity index (χ0) is 21.3. The van der Waals surface area contributed by atoms with Crippen LogP contribution in [0.15, 0.2) is 16.8 Å². The van der Waals surface area contributed by atoms with Gasteiger partial charge in [-0.1, -0.05) is 0 Å². The highest BCUT2D eigenvalue weighted by atomic mass is 16.4. The van der Waals surface area contributed by atoms with Crippen molar-refractivity contribution >= 4 is 11.7 Å². The molecule has 162 valence electrons. The molecule has 0 aromatic carbocycles. The maximum Gasteiger partial charge on any atom is 0.276 e. The van der Waals surface area contributed by atoms with E-state index in [0.29, 0.717) is 41.8 Å². The molecule has 4 rings (SSSR count). The van der Waals surface area contributed by atoms with Crippen molar-refractivity contribution in [3.8, 4) is 0 Å². The molecule has 30 heavy (non-hydrogen) atoms. The van der Waals surface area contributed by atoms with Crippen LogP contribution < -0.4 is 4.90 Å². The van der Waals surface area contributed by atoms with E-state index in [9.17, 15) is 9.90 Å². The molecule has 2 saturated heterocycles. The summed E-state index contributed by atoms with van der Waals surface area (Å²) in [5.74, 6) is 1.81. The van der Waals surface area contributed by atoms with E-state index in [0.717, 1.165) is 45.2 Å². The number of carbonyl (C=O) groups excluding carboxylic acids is 1. The van der Waals surface area contributed by atoms with Crippen molar-refractivity contribution in [3.63, 3.8) is 0 Å². The number of aliphatic hydroxyl groups is 1. The number of carbonyl (C=O) groups is 1. The molecule has 0 saturated carbocycles. The van der Waals surface area contributed by atoms with Gasteiger partial charge in [0.25, 0.3) is 5.91 Å². The van der Waals surface area contributed by atoms with Crippen LogP contribution in [0.3, 0.4) is 0 Å². The lowest BCUT2D eigenvalue weighted by atomic mass is 9.98. The number of oxazole rings is 1. The average Bonchev–Trinajstić information content (AvgIpc) is 3.37. The third kappa shape index (κ3) is 4.19. The van der Waals surface area contributed by atoms with Crippen molar-refractivity contribution in [1.29, 1.82) is 0 Å². The second-order valence-corrected chi connectivity index (χ2v) is 8.85. The van der Waals surface area contributed by atoms with Crippen LogP contribution >= 0.6 is 0 Å². The fourth-order valence-electron chi connectivity index (χ4n) is 4.57. The molecule has 8 heteroatoms. The third-order valence-electron chi connectivity index (χ3n) is 6.01. The Morgan fingerprint density at radius 3 is 2.57 bits per heavy atom. The predicted octanol–water partition coefficient (Wildman–Crippen LogP) is 2.84. The largest absolute Gasteiger partial charge is 0.446 e. The van der Waals surface area contributed by atoms with Gasteiger partial charge in [-0.2, -0.15) is 0 Å². The van der Waals surface area contributed by atoms with Gasteiger partial charge in [0.15, 0.2) is 17.4 Å². The summed E-state index contributed by atoms with van der Waals surface area (Å²) in [6, 6.07) is -0.00705. The maximum absolute atomic E-state index is 13.5. The quantitative estimate of drug-likeness (QED) is 0.805. The van der Waals surface area contributed by atoms with Crippen LogP contribution in [0.2, 0.25) is 0 Å². The maximum atomic E-state index is 13.5. The Labute approximate surface area is 177 Å². The van der Waals surface area contributed by atoms with Crippen LogP contribution in [0.25, 0.3) is 0 Å². The van der Waals surface area contributed by atoms with Gasteiger partial charge >= 0.3 is 0 Å². The first kappa shape index (κ1) is 20.8. The van der Waals surface area contributed by atoms with Crippen LogP contribution in [0, 0.1) is 6.92 Å². The number of likely N-dealkylation sites (tertiary alicyclic amines) is 1. The molecule has 0 aliphatic carbocycles. The van der Waals surface area contributed by atoms with Gasteiger partial charge in [0, 0.05) is 44.5 Å². The van der Waals surface area contributed by atoms with Crippen molar-refractivity contribution in [2.45, 2.75) is 70.9 Å². The number of anilines is 1. The van der Waals surface area contributed by atoms with Crippen molar-refractivity contribution in [2.75, 3.05) is 24.5 Å². The van der Waals surface area contributed by atoms with Crippen LogP contribution in [-0.2, 0) is 12.0 Å². The molecule has 2 aromatic rings. The highest BCUT2D eigenvalue weighted by Gasteiger charge is 2.33. The van der Waals surface area contributed by atoms with E-state index in [1.165, 1.54) is 0 Å². The Balaban J connectivity index is 1.57. The first-order valence-electron chi connectivity index (χ1n) is 10.9. The summed E-state index contributed by atoms with van der Waals surface area (Å²) in [6.45, 7) is 7.74. The SMILES string of the molecule is Cc1oc(C[C@H]2CCCCN2C(=O)c2nccnc2N2CCCC2)nc1C(C)(C)O. The average molecular weight is 414 g/mol. The Bertz CT molecular complexity index is 898. The molecule has 0 radical (unpaired) electrons. The minimum absolute atomic E-state index is 0.00705. The molecule has 2 aliphatic heterocycles. The first-order chi connectivity index (χ1) is 14.3. The van der Waals surface area contributed by atoms with Crippen LogP contribution in [0.1, 0.15) is 73.8 Å². The smallest absolute Gasteiger partial charge is 0.276 e. The number of hydrogen-bond donors (Lipinski definition) is 1. The van der Waals surface area contributed by atoms with Gasteiger partial charge in [0.05, 0.1) is 0 Å². The van der Waals surface area contributed by atoms with E-state index in [-0.39, 0.29) is 11.9 Å². The molecule has 0 spiro atoms. The van der Waals surface area contributed by atoms with Gasteiger partial charge in [-0.3, -0.25) is 4.79 Å². The molecule has 1 N–H and O–H groups in total. The molecule has 0 unspecified atom stereocenters. The Kier molecular flexibility index (Phi) is 5.77. The number of aromatic nitrogens is 3. The molecule has 1 amide bonds. The number of piperidine rings is 1. The molecule has 2 fully saturated rings. The molecule has 8 nitrogen and oxygen atoms in total. The van der Waals surface area contributed by atoms with Crippen LogP contribution in [-0.4, -0.2) is 56.5 Å². The van der Waals surface area contributed by atoms with E-state index in [4.69, 9.17) is 4.42 Å². The number of nitrogens with zero attached hydrogens (tertiary/aromatic N) is 5. The monoisotopic (exact) mass is 413 g/mol. The van der Waals surface area contributed by atoms with Crippen LogP contribution in [0.4, 0.5) is 5.82 Å². The molecule has 2 aliphatic rings. The van der Waals surface area contributed by atoms with Gasteiger partial charge in [-0.25, -0.2) is 15.0 Å². The lowest BCUT2D eigenvalue weighted by molar-refractivity contribution is 0.0598. The molecule has 4 heterocycles. The van der Waals surface area contributed by atoms with E-state index in [2.05, 4.69) is 19.9 Å². The van der Waals surface area contributed by atoms with Gasteiger partial charge in [-0.15, -0.1) is 0 Å². The van der Waals surface area contributed by atoms with E-state index >= 15 is 0 Å². The molecule has 1 atom stereocenters. The number of amides is 1. The summed E-state index contributed by atoms with van der Waals surface area (Å²) in [5.41, 5.74) is -0.0680. The third-order valence-corrected chi connectivity index (χ3v) is 6.01. The second-order valence-electron chi connectivity index (χ2n) is 8.85. The van der Waals surface area contributed by atoms with E-state index < -0.39 is 5.60 Å². The second kappa shape index (κ2) is 8.34. The minimum atomic E-state index is -1.06. The van der Waals surface area contributed by atoms with Crippen LogP contribution in [0.5, 0.6) is 0 Å². The fourth-order valence-corrected chi connectivity index (χ4v) is 4.57. The Morgan fingerprint density at radius 2 is 1.87 bits per heavy atom. The molecule has 0 bridgehead atoms. The Morgan fingerprint density at radius 1 is 1.17 bits per heavy atom. The number of rotatable bonds is 5. The minimum Gasteiger partial charge on any atom is -0.446 e. The van der Waals surface area contributed by atoms with Crippen molar-refractivity contribution in [3.05, 3.63) is 35.4 Å². The topological polar surface area (TPSA) is 95.6 Å². The standard InChI is InChI=1S/C22H31N5O3/c1-15-19(22(2,3)29)25-17(30-15)14-16-8-4-5-13-27(16)21(28)18-20(24-10-9-23-18)26-11-6-7-12-26/h9-10,16,29H,4-8,11-14H2,1-3H3/t16-/m1/s1. The first-order valence-corrected chi connectivity index (χ1v) is 10.9. The zero-order valence-corrected chi connectivity index (χ0v) is 18.1. The lowest BCUT2D eigenvalue weighted by Crippen LogP contribution is -2.45. The molecular formula is C22H31N5O3. The van der Waals surface area contributed by atoms with Crippen molar-refractivity contribution < 1.29 is 14.3 Å². The van der Waals surface area contributed by atoms with Gasteiger partial charge < -0.3 is 19.3 Å². The Hall–Kier alpha value is -2.48. The molecule has 2 aromatic heterocycles. The summed E-state index contributed by atoms with van der Waals surface area (Å²) in [5, 5.41) is 10.3. The summed E-state index contributed by atoms with van der Waals surface area (Å²) >= 11 is 0. The van der Waals surface area contributed by atoms with Crippen molar-refractivity contribution in [1.82, 2.24) is 19.9 Å². The predicted molar refractivity (Wildman–Crippen MR) is 112 cm³/mol. The zero-order valence-electron chi connectivity index (χ0n) is 18.1. The molecular weight excluding hydrogens is 382 g/mol. The highest BCUT2D eigenvalue weighted by Crippen LogP contribution is 2.28. The summed E-state index contributed by atoms with van der Waals surface area (Å²) in [7, 11) is 0. The highest BCUT2D eigenvalue weighted by molar-refractivity contribution is 5.97. The van der Waals surface area contributed by atoms with E-state index in [1.807, 2.05) is 11.8 Å². The van der Waals surface area contributed by atoms with Gasteiger partial charge in [-0.05, 0) is 52.9 Å². The number of hydrogen-bond acceptors (Lipinski definition) is 7. The van der Waals surface area contributed by atoms with Gasteiger partial charge in [0.2, 0.25) is 0 Å². The summed E-state index contributed by atoms with van der Waals surface area (Å²) in [6.07, 6.45) is 8.94. The normalized spacial score (nSPS) is 20.1. The van der Waals surface area contributed by atoms with Gasteiger partial charge in [0.1, 0.15) is 17.1 Å². The summed E-state index contributed by atoms with van der Waals surface area (Å²) < 4.78 is 5.84. The fraction of sp³-hybridized carbons (Fsp3) is 0.636. The number of aryl methyl sites for hydroxylation is 1. The lowest BCUT2D eigenvalue weighted by Gasteiger charge is -2.35.